The van der Waals surface area contributed by atoms with E-state index in [-0.39, 0.29) is 30.2 Å². The Morgan fingerprint density at radius 3 is 2.75 bits per heavy atom. The van der Waals surface area contributed by atoms with Crippen LogP contribution in [0.1, 0.15) is 40.5 Å². The van der Waals surface area contributed by atoms with Crippen LogP contribution in [0.2, 0.25) is 0 Å². The van der Waals surface area contributed by atoms with Gasteiger partial charge in [-0.3, -0.25) is 9.59 Å². The number of carbonyl (C=O) groups is 2. The molecule has 0 saturated heterocycles. The zero-order valence-corrected chi connectivity index (χ0v) is 22.8. The first-order valence-corrected chi connectivity index (χ1v) is 14.4. The largest absolute Gasteiger partial charge is 0.493 e. The lowest BCUT2D eigenvalue weighted by Crippen LogP contribution is -2.53. The summed E-state index contributed by atoms with van der Waals surface area (Å²) in [6.07, 6.45) is 3.14. The Kier molecular flexibility index (Phi) is 6.76. The third-order valence-electron chi connectivity index (χ3n) is 6.52. The SMILES string of the molecule is Cc1ccc(-n2nc3c(c2NC(=O)CS(C)(=O)=O)C(=O)N[C@@]2(CCOc4cc(OCC(C)(F)F)ccc42)C3)nc1. The van der Waals surface area contributed by atoms with Crippen molar-refractivity contribution < 1.29 is 36.3 Å². The number of carbonyl (C=O) groups excluding carboxylic acids is 2. The van der Waals surface area contributed by atoms with E-state index in [1.165, 1.54) is 16.8 Å². The number of sulfone groups is 1. The molecule has 1 spiro atoms. The molecule has 212 valence electrons. The Labute approximate surface area is 228 Å². The van der Waals surface area contributed by atoms with Crippen molar-refractivity contribution >= 4 is 27.5 Å². The Balaban J connectivity index is 1.54. The van der Waals surface area contributed by atoms with Crippen molar-refractivity contribution in [3.8, 4) is 17.3 Å². The zero-order chi connectivity index (χ0) is 28.9. The third-order valence-corrected chi connectivity index (χ3v) is 7.30. The molecule has 2 aliphatic rings. The molecular weight excluding hydrogens is 548 g/mol. The maximum atomic E-state index is 13.6. The van der Waals surface area contributed by atoms with Gasteiger partial charge in [0.1, 0.15) is 22.8 Å². The highest BCUT2D eigenvalue weighted by molar-refractivity contribution is 7.91. The van der Waals surface area contributed by atoms with Crippen molar-refractivity contribution in [1.29, 1.82) is 0 Å². The number of aromatic nitrogens is 3. The van der Waals surface area contributed by atoms with Gasteiger partial charge in [0.25, 0.3) is 11.8 Å². The minimum absolute atomic E-state index is 0.00359. The molecule has 3 aromatic rings. The highest BCUT2D eigenvalue weighted by atomic mass is 32.2. The number of anilines is 1. The summed E-state index contributed by atoms with van der Waals surface area (Å²) in [5, 5.41) is 10.2. The monoisotopic (exact) mass is 575 g/mol. The second-order valence-electron chi connectivity index (χ2n) is 10.2. The van der Waals surface area contributed by atoms with Crippen LogP contribution in [0.4, 0.5) is 14.6 Å². The van der Waals surface area contributed by atoms with Crippen LogP contribution < -0.4 is 20.1 Å². The van der Waals surface area contributed by atoms with Gasteiger partial charge in [0.15, 0.2) is 28.1 Å². The first kappa shape index (κ1) is 27.5. The van der Waals surface area contributed by atoms with Crippen LogP contribution in [0.15, 0.2) is 36.5 Å². The number of alkyl halides is 2. The van der Waals surface area contributed by atoms with Crippen molar-refractivity contribution in [3.05, 3.63) is 58.9 Å². The summed E-state index contributed by atoms with van der Waals surface area (Å²) in [7, 11) is -3.64. The van der Waals surface area contributed by atoms with Gasteiger partial charge in [0.05, 0.1) is 17.8 Å². The van der Waals surface area contributed by atoms with Crippen molar-refractivity contribution in [2.24, 2.45) is 0 Å². The topological polar surface area (TPSA) is 142 Å². The number of benzene rings is 1. The lowest BCUT2D eigenvalue weighted by molar-refractivity contribution is -0.113. The minimum Gasteiger partial charge on any atom is -0.493 e. The molecule has 2 aromatic heterocycles. The molecular formula is C26H27F2N5O6S. The van der Waals surface area contributed by atoms with E-state index >= 15 is 0 Å². The van der Waals surface area contributed by atoms with Gasteiger partial charge in [-0.1, -0.05) is 6.07 Å². The number of hydrogen-bond donors (Lipinski definition) is 2. The van der Waals surface area contributed by atoms with Gasteiger partial charge in [-0.2, -0.15) is 9.78 Å². The van der Waals surface area contributed by atoms with Crippen molar-refractivity contribution in [2.75, 3.05) is 30.5 Å². The zero-order valence-electron chi connectivity index (χ0n) is 22.0. The van der Waals surface area contributed by atoms with Crippen LogP contribution in [0.3, 0.4) is 0 Å². The van der Waals surface area contributed by atoms with Gasteiger partial charge in [0.2, 0.25) is 5.91 Å². The predicted octanol–water partition coefficient (Wildman–Crippen LogP) is 2.56. The van der Waals surface area contributed by atoms with Crippen molar-refractivity contribution in [1.82, 2.24) is 20.1 Å². The number of rotatable bonds is 7. The van der Waals surface area contributed by atoms with Crippen LogP contribution in [-0.2, 0) is 26.6 Å². The second kappa shape index (κ2) is 9.84. The molecule has 1 aromatic carbocycles. The highest BCUT2D eigenvalue weighted by Crippen LogP contribution is 2.44. The normalized spacial score (nSPS) is 18.4. The minimum atomic E-state index is -3.64. The van der Waals surface area contributed by atoms with Crippen LogP contribution >= 0.6 is 0 Å². The van der Waals surface area contributed by atoms with Crippen LogP contribution in [0.5, 0.6) is 11.5 Å². The summed E-state index contributed by atoms with van der Waals surface area (Å²) in [6, 6.07) is 8.16. The molecule has 0 saturated carbocycles. The highest BCUT2D eigenvalue weighted by Gasteiger charge is 2.46. The average molecular weight is 576 g/mol. The lowest BCUT2D eigenvalue weighted by Gasteiger charge is -2.41. The first-order valence-electron chi connectivity index (χ1n) is 12.4. The van der Waals surface area contributed by atoms with E-state index in [0.717, 1.165) is 18.7 Å². The molecule has 1 atom stereocenters. The fraction of sp³-hybridized carbons (Fsp3) is 0.385. The van der Waals surface area contributed by atoms with Gasteiger partial charge in [-0.05, 0) is 30.7 Å². The second-order valence-corrected chi connectivity index (χ2v) is 12.4. The smallest absolute Gasteiger partial charge is 0.278 e. The molecule has 40 heavy (non-hydrogen) atoms. The van der Waals surface area contributed by atoms with Crippen molar-refractivity contribution in [3.63, 3.8) is 0 Å². The molecule has 0 bridgehead atoms. The van der Waals surface area contributed by atoms with Crippen molar-refractivity contribution in [2.45, 2.75) is 38.2 Å². The van der Waals surface area contributed by atoms with Crippen LogP contribution in [0.25, 0.3) is 5.82 Å². The number of nitrogens with zero attached hydrogens (tertiary/aromatic N) is 3. The van der Waals surface area contributed by atoms with Gasteiger partial charge in [-0.15, -0.1) is 0 Å². The summed E-state index contributed by atoms with van der Waals surface area (Å²) < 4.78 is 62.3. The summed E-state index contributed by atoms with van der Waals surface area (Å²) >= 11 is 0. The average Bonchev–Trinajstić information content (AvgIpc) is 3.19. The summed E-state index contributed by atoms with van der Waals surface area (Å²) in [4.78, 5) is 30.6. The molecule has 2 aliphatic heterocycles. The number of pyridine rings is 1. The Morgan fingerprint density at radius 2 is 2.08 bits per heavy atom. The van der Waals surface area contributed by atoms with E-state index in [2.05, 4.69) is 20.7 Å². The van der Waals surface area contributed by atoms with E-state index in [1.807, 2.05) is 6.92 Å². The molecule has 4 heterocycles. The summed E-state index contributed by atoms with van der Waals surface area (Å²) in [6.45, 7) is 2.04. The third kappa shape index (κ3) is 5.62. The molecule has 2 amide bonds. The number of ether oxygens (including phenoxy) is 2. The standard InChI is InChI=1S/C26H27F2N5O6S/c1-15-4-7-20(29-12-15)33-23(30-21(34)13-40(3,36)37)22-18(32-33)11-26(31-24(22)35)8-9-38-19-10-16(5-6-17(19)26)39-14-25(2,27)28/h4-7,10,12H,8-9,11,13-14H2,1-3H3,(H,30,34)(H,31,35)/t26-/m0/s1. The van der Waals surface area contributed by atoms with E-state index < -0.39 is 45.5 Å². The number of aryl methyl sites for hydroxylation is 1. The summed E-state index contributed by atoms with van der Waals surface area (Å²) in [5.41, 5.74) is 1.02. The molecule has 0 radical (unpaired) electrons. The number of amides is 2. The molecule has 2 N–H and O–H groups in total. The van der Waals surface area contributed by atoms with Gasteiger partial charge in [0, 0.05) is 43.8 Å². The van der Waals surface area contributed by atoms with Gasteiger partial charge in [-0.25, -0.2) is 22.2 Å². The van der Waals surface area contributed by atoms with E-state index in [4.69, 9.17) is 9.47 Å². The number of halogens is 2. The number of nitrogens with one attached hydrogen (secondary N) is 2. The Bertz CT molecular complexity index is 1600. The quantitative estimate of drug-likeness (QED) is 0.438. The fourth-order valence-corrected chi connectivity index (χ4v) is 5.36. The van der Waals surface area contributed by atoms with E-state index in [0.29, 0.717) is 29.2 Å². The molecule has 0 fully saturated rings. The van der Waals surface area contributed by atoms with Gasteiger partial charge >= 0.3 is 0 Å². The predicted molar refractivity (Wildman–Crippen MR) is 140 cm³/mol. The maximum absolute atomic E-state index is 13.6. The Hall–Kier alpha value is -4.07. The fourth-order valence-electron chi connectivity index (χ4n) is 4.81. The molecule has 0 unspecified atom stereocenters. The lowest BCUT2D eigenvalue weighted by atomic mass is 9.77. The van der Waals surface area contributed by atoms with E-state index in [1.54, 1.807) is 24.4 Å². The molecule has 0 aliphatic carbocycles. The van der Waals surface area contributed by atoms with Crippen LogP contribution in [-0.4, -0.2) is 66.1 Å². The Morgan fingerprint density at radius 1 is 1.30 bits per heavy atom. The molecule has 5 rings (SSSR count). The number of hydrogen-bond acceptors (Lipinski definition) is 8. The molecule has 14 heteroatoms. The van der Waals surface area contributed by atoms with E-state index in [9.17, 15) is 26.8 Å². The molecule has 11 nitrogen and oxygen atoms in total. The summed E-state index contributed by atoms with van der Waals surface area (Å²) in [5.74, 6) is -4.24. The first-order chi connectivity index (χ1) is 18.7. The van der Waals surface area contributed by atoms with Gasteiger partial charge < -0.3 is 20.1 Å². The maximum Gasteiger partial charge on any atom is 0.278 e. The van der Waals surface area contributed by atoms with Crippen LogP contribution in [0, 0.1) is 6.92 Å². The number of fused-ring (bicyclic) bond motifs is 3.